The van der Waals surface area contributed by atoms with E-state index in [1.807, 2.05) is 6.92 Å². The van der Waals surface area contributed by atoms with Gasteiger partial charge in [0, 0.05) is 25.3 Å². The van der Waals surface area contributed by atoms with Crippen molar-refractivity contribution in [2.45, 2.75) is 96.9 Å². The largest absolute Gasteiger partial charge is 0.377 e. The number of benzene rings is 1. The highest BCUT2D eigenvalue weighted by atomic mass is 16.5. The summed E-state index contributed by atoms with van der Waals surface area (Å²) in [5.41, 5.74) is 3.96. The van der Waals surface area contributed by atoms with E-state index in [-0.39, 0.29) is 17.7 Å². The Balaban J connectivity index is 1.50. The van der Waals surface area contributed by atoms with Gasteiger partial charge in [0.15, 0.2) is 5.82 Å². The van der Waals surface area contributed by atoms with Gasteiger partial charge in [-0.1, -0.05) is 37.8 Å². The molecule has 3 aromatic rings. The molecular weight excluding hydrogens is 440 g/mol. The molecule has 0 amide bonds. The van der Waals surface area contributed by atoms with Gasteiger partial charge in [-0.15, -0.1) is 5.10 Å². The molecule has 1 saturated carbocycles. The summed E-state index contributed by atoms with van der Waals surface area (Å²) in [4.78, 5) is 18.7. The van der Waals surface area contributed by atoms with Gasteiger partial charge in [-0.25, -0.2) is 4.68 Å². The van der Waals surface area contributed by atoms with Crippen LogP contribution in [0.1, 0.15) is 92.9 Å². The van der Waals surface area contributed by atoms with Crippen molar-refractivity contribution >= 4 is 10.9 Å². The minimum atomic E-state index is -0.0245. The number of ether oxygens (including phenoxy) is 1. The maximum absolute atomic E-state index is 13.2. The highest BCUT2D eigenvalue weighted by Gasteiger charge is 2.31. The molecule has 2 fully saturated rings. The molecule has 5 rings (SSSR count). The minimum absolute atomic E-state index is 0.0190. The number of H-pyrrole nitrogens is 1. The van der Waals surface area contributed by atoms with Crippen LogP contribution in [0.3, 0.4) is 0 Å². The molecule has 0 spiro atoms. The first-order valence-electron chi connectivity index (χ1n) is 13.3. The second kappa shape index (κ2) is 10.6. The smallest absolute Gasteiger partial charge is 0.252 e. The number of nitrogens with zero attached hydrogens (tertiary/aromatic N) is 5. The lowest BCUT2D eigenvalue weighted by Gasteiger charge is -2.33. The third kappa shape index (κ3) is 5.19. The molecular formula is C27H38N6O2. The number of pyridine rings is 1. The summed E-state index contributed by atoms with van der Waals surface area (Å²) in [7, 11) is 0. The zero-order valence-corrected chi connectivity index (χ0v) is 21.3. The number of tetrazole rings is 1. The van der Waals surface area contributed by atoms with E-state index in [0.717, 1.165) is 73.1 Å². The molecule has 0 radical (unpaired) electrons. The molecule has 1 aromatic carbocycles. The van der Waals surface area contributed by atoms with Crippen molar-refractivity contribution in [2.75, 3.05) is 13.2 Å². The first-order valence-corrected chi connectivity index (χ1v) is 13.3. The maximum Gasteiger partial charge on any atom is 0.252 e. The SMILES string of the molecule is CC[C@H](c1nnnn1C1CCCCC1)N(Cc1cc2cc(C)cc(C)c2[nH]c1=O)C[C@H]1CCCO1. The Labute approximate surface area is 207 Å². The summed E-state index contributed by atoms with van der Waals surface area (Å²) in [5.74, 6) is 0.918. The van der Waals surface area contributed by atoms with Crippen molar-refractivity contribution in [2.24, 2.45) is 0 Å². The van der Waals surface area contributed by atoms with E-state index in [2.05, 4.69) is 62.1 Å². The lowest BCUT2D eigenvalue weighted by Crippen LogP contribution is -2.38. The van der Waals surface area contributed by atoms with Crippen LogP contribution in [0.25, 0.3) is 10.9 Å². The maximum atomic E-state index is 13.2. The molecule has 1 N–H and O–H groups in total. The van der Waals surface area contributed by atoms with Gasteiger partial charge in [-0.3, -0.25) is 9.69 Å². The van der Waals surface area contributed by atoms with Crippen LogP contribution in [0.2, 0.25) is 0 Å². The molecule has 2 aromatic heterocycles. The number of aryl methyl sites for hydroxylation is 2. The van der Waals surface area contributed by atoms with Crippen LogP contribution < -0.4 is 5.56 Å². The van der Waals surface area contributed by atoms with Crippen LogP contribution in [0, 0.1) is 13.8 Å². The number of nitrogens with one attached hydrogen (secondary N) is 1. The van der Waals surface area contributed by atoms with Crippen molar-refractivity contribution in [1.82, 2.24) is 30.1 Å². The molecule has 0 unspecified atom stereocenters. The number of rotatable bonds is 8. The fourth-order valence-electron chi connectivity index (χ4n) is 6.03. The molecule has 1 aliphatic heterocycles. The van der Waals surface area contributed by atoms with Gasteiger partial charge >= 0.3 is 0 Å². The summed E-state index contributed by atoms with van der Waals surface area (Å²) in [6.45, 7) is 8.44. The zero-order chi connectivity index (χ0) is 24.4. The first-order chi connectivity index (χ1) is 17.0. The molecule has 0 bridgehead atoms. The number of aromatic nitrogens is 5. The topological polar surface area (TPSA) is 88.9 Å². The molecule has 8 nitrogen and oxygen atoms in total. The average Bonchev–Trinajstić information content (AvgIpc) is 3.54. The van der Waals surface area contributed by atoms with Gasteiger partial charge in [0.2, 0.25) is 0 Å². The molecule has 1 aliphatic carbocycles. The average molecular weight is 479 g/mol. The van der Waals surface area contributed by atoms with E-state index in [1.165, 1.54) is 24.8 Å². The van der Waals surface area contributed by atoms with Crippen LogP contribution in [0.4, 0.5) is 0 Å². The number of fused-ring (bicyclic) bond motifs is 1. The van der Waals surface area contributed by atoms with Crippen molar-refractivity contribution in [3.05, 3.63) is 51.1 Å². The lowest BCUT2D eigenvalue weighted by molar-refractivity contribution is 0.0481. The van der Waals surface area contributed by atoms with Gasteiger partial charge in [-0.2, -0.15) is 0 Å². The van der Waals surface area contributed by atoms with E-state index < -0.39 is 0 Å². The van der Waals surface area contributed by atoms with Gasteiger partial charge in [0.25, 0.3) is 5.56 Å². The number of aromatic amines is 1. The van der Waals surface area contributed by atoms with Gasteiger partial charge < -0.3 is 9.72 Å². The van der Waals surface area contributed by atoms with Crippen molar-refractivity contribution in [3.8, 4) is 0 Å². The van der Waals surface area contributed by atoms with Crippen LogP contribution in [0.5, 0.6) is 0 Å². The van der Waals surface area contributed by atoms with E-state index >= 15 is 0 Å². The predicted molar refractivity (Wildman–Crippen MR) is 136 cm³/mol. The summed E-state index contributed by atoms with van der Waals surface area (Å²) in [5, 5.41) is 14.1. The Morgan fingerprint density at radius 2 is 1.97 bits per heavy atom. The van der Waals surface area contributed by atoms with Gasteiger partial charge in [0.1, 0.15) is 0 Å². The van der Waals surface area contributed by atoms with E-state index in [0.29, 0.717) is 12.6 Å². The molecule has 2 atom stereocenters. The first kappa shape index (κ1) is 24.1. The minimum Gasteiger partial charge on any atom is -0.377 e. The van der Waals surface area contributed by atoms with E-state index in [4.69, 9.17) is 4.74 Å². The van der Waals surface area contributed by atoms with Gasteiger partial charge in [-0.05, 0) is 79.5 Å². The Morgan fingerprint density at radius 1 is 1.14 bits per heavy atom. The van der Waals surface area contributed by atoms with Gasteiger partial charge in [0.05, 0.1) is 23.7 Å². The Bertz CT molecular complexity index is 1210. The highest BCUT2D eigenvalue weighted by molar-refractivity contribution is 5.82. The standard InChI is InChI=1S/C27H38N6O2/c1-4-24(26-29-30-31-33(26)22-9-6-5-7-10-22)32(17-23-11-8-12-35-23)16-21-15-20-14-18(2)13-19(3)25(20)28-27(21)34/h13-15,22-24H,4-12,16-17H2,1-3H3,(H,28,34)/t23-,24-/m1/s1. The van der Waals surface area contributed by atoms with E-state index in [9.17, 15) is 4.79 Å². The molecule has 2 aliphatic rings. The fraction of sp³-hybridized carbons (Fsp3) is 0.630. The quantitative estimate of drug-likeness (QED) is 0.502. The van der Waals surface area contributed by atoms with Crippen LogP contribution >= 0.6 is 0 Å². The van der Waals surface area contributed by atoms with Crippen molar-refractivity contribution < 1.29 is 4.74 Å². The van der Waals surface area contributed by atoms with Crippen LogP contribution in [-0.4, -0.2) is 49.3 Å². The Morgan fingerprint density at radius 3 is 2.71 bits per heavy atom. The number of hydrogen-bond acceptors (Lipinski definition) is 6. The molecule has 188 valence electrons. The van der Waals surface area contributed by atoms with Crippen molar-refractivity contribution in [1.29, 1.82) is 0 Å². The molecule has 1 saturated heterocycles. The second-order valence-corrected chi connectivity index (χ2v) is 10.4. The lowest BCUT2D eigenvalue weighted by atomic mass is 9.95. The van der Waals surface area contributed by atoms with E-state index in [1.54, 1.807) is 0 Å². The Kier molecular flexibility index (Phi) is 7.29. The molecule has 3 heterocycles. The third-order valence-corrected chi connectivity index (χ3v) is 7.77. The number of hydrogen-bond donors (Lipinski definition) is 1. The summed E-state index contributed by atoms with van der Waals surface area (Å²) < 4.78 is 8.10. The monoisotopic (exact) mass is 478 g/mol. The third-order valence-electron chi connectivity index (χ3n) is 7.77. The highest BCUT2D eigenvalue weighted by Crippen LogP contribution is 2.33. The Hall–Kier alpha value is -2.58. The second-order valence-electron chi connectivity index (χ2n) is 10.4. The van der Waals surface area contributed by atoms with Crippen molar-refractivity contribution in [3.63, 3.8) is 0 Å². The summed E-state index contributed by atoms with van der Waals surface area (Å²) in [6.07, 6.45) is 9.18. The molecule has 8 heteroatoms. The zero-order valence-electron chi connectivity index (χ0n) is 21.3. The van der Waals surface area contributed by atoms with Crippen LogP contribution in [0.15, 0.2) is 23.0 Å². The fourth-order valence-corrected chi connectivity index (χ4v) is 6.03. The summed E-state index contributed by atoms with van der Waals surface area (Å²) in [6, 6.07) is 6.70. The van der Waals surface area contributed by atoms with Crippen LogP contribution in [-0.2, 0) is 11.3 Å². The molecule has 35 heavy (non-hydrogen) atoms. The summed E-state index contributed by atoms with van der Waals surface area (Å²) >= 11 is 0. The predicted octanol–water partition coefficient (Wildman–Crippen LogP) is 4.77. The normalized spacial score (nSPS) is 20.2.